The number of carbonyl (C=O) groups is 4. The van der Waals surface area contributed by atoms with Gasteiger partial charge in [0, 0.05) is 59.1 Å². The van der Waals surface area contributed by atoms with E-state index in [2.05, 4.69) is 16.5 Å². The van der Waals surface area contributed by atoms with Crippen molar-refractivity contribution in [3.05, 3.63) is 108 Å². The van der Waals surface area contributed by atoms with Crippen LogP contribution in [0.1, 0.15) is 48.8 Å². The first-order valence-electron chi connectivity index (χ1n) is 16.8. The topological polar surface area (TPSA) is 183 Å². The van der Waals surface area contributed by atoms with Crippen molar-refractivity contribution in [2.75, 3.05) is 5.73 Å². The number of H-pyrrole nitrogens is 2. The van der Waals surface area contributed by atoms with Gasteiger partial charge in [-0.2, -0.15) is 0 Å². The Morgan fingerprint density at radius 2 is 1.29 bits per heavy atom. The van der Waals surface area contributed by atoms with Crippen LogP contribution in [-0.4, -0.2) is 63.6 Å². The van der Waals surface area contributed by atoms with E-state index in [1.807, 2.05) is 60.9 Å². The third-order valence-electron chi connectivity index (χ3n) is 8.96. The van der Waals surface area contributed by atoms with Gasteiger partial charge < -0.3 is 39.8 Å². The van der Waals surface area contributed by atoms with Crippen LogP contribution in [0.3, 0.4) is 0 Å². The Hall–Kier alpha value is -5.88. The van der Waals surface area contributed by atoms with E-state index in [9.17, 15) is 24.3 Å². The second-order valence-corrected chi connectivity index (χ2v) is 12.4. The van der Waals surface area contributed by atoms with Gasteiger partial charge in [0.2, 0.25) is 6.29 Å². The summed E-state index contributed by atoms with van der Waals surface area (Å²) >= 11 is 0. The number of aliphatic carboxylic acids is 1. The van der Waals surface area contributed by atoms with Gasteiger partial charge in [0.05, 0.1) is 6.42 Å². The number of aryl methyl sites for hydroxylation is 2. The van der Waals surface area contributed by atoms with Crippen LogP contribution in [0.2, 0.25) is 0 Å². The fourth-order valence-corrected chi connectivity index (χ4v) is 6.34. The number of aromatic amines is 2. The number of ether oxygens (including phenoxy) is 4. The number of fused-ring (bicyclic) bond motifs is 2. The molecule has 2 aromatic heterocycles. The molecule has 0 saturated carbocycles. The first-order chi connectivity index (χ1) is 24.7. The minimum atomic E-state index is -1.78. The lowest BCUT2D eigenvalue weighted by molar-refractivity contribution is -0.256. The Morgan fingerprint density at radius 1 is 0.745 bits per heavy atom. The minimum Gasteiger partial charge on any atom is -0.479 e. The molecule has 51 heavy (non-hydrogen) atoms. The van der Waals surface area contributed by atoms with E-state index < -0.39 is 48.5 Å². The quantitative estimate of drug-likeness (QED) is 0.0625. The summed E-state index contributed by atoms with van der Waals surface area (Å²) in [5.41, 5.74) is 11.5. The molecular weight excluding hydrogens is 654 g/mol. The molecule has 12 heteroatoms. The predicted molar refractivity (Wildman–Crippen MR) is 189 cm³/mol. The van der Waals surface area contributed by atoms with E-state index in [-0.39, 0.29) is 32.1 Å². The molecule has 1 saturated heterocycles. The van der Waals surface area contributed by atoms with Crippen molar-refractivity contribution >= 4 is 56.9 Å². The van der Waals surface area contributed by atoms with Crippen LogP contribution >= 0.6 is 0 Å². The molecule has 264 valence electrons. The monoisotopic (exact) mass is 693 g/mol. The summed E-state index contributed by atoms with van der Waals surface area (Å²) < 4.78 is 22.7. The van der Waals surface area contributed by atoms with Gasteiger partial charge in [0.15, 0.2) is 12.2 Å². The zero-order valence-corrected chi connectivity index (χ0v) is 27.8. The number of hydrogen-bond acceptors (Lipinski definition) is 9. The number of carboxylic acid groups (broad SMARTS) is 1. The van der Waals surface area contributed by atoms with Crippen molar-refractivity contribution in [3.63, 3.8) is 0 Å². The average molecular weight is 694 g/mol. The molecule has 5 N–H and O–H groups in total. The van der Waals surface area contributed by atoms with Crippen molar-refractivity contribution < 1.29 is 43.2 Å². The molecule has 6 rings (SSSR count). The number of nitrogens with one attached hydrogen (secondary N) is 2. The minimum absolute atomic E-state index is 0.0112. The summed E-state index contributed by atoms with van der Waals surface area (Å²) in [5.74, 6) is -3.50. The standard InChI is InChI=1S/C39H39N3O9/c1-23(26-8-2-5-11-29(26)40)14-17-35(45)50-37-32(48-33(43)18-15-24-21-41-30-12-6-3-9-27(24)30)20-36(51-38(37)39(46)47)49-34(44)19-16-25-22-42-31-13-7-4-10-28(25)31/h2-13,21-22,32,36-38,41-42H,1,14-20,40H2,(H,46,47)/t32-,36?,37+,38+/m1/s1. The SMILES string of the molecule is C=C(CCC(=O)O[C@@H]1[C@@H](C(=O)O)OC(OC(=O)CCc2c[nH]c3ccccc23)C[C@H]1OC(=O)CCc1c[nH]c2ccccc12)c1ccccc1N. The number of allylic oxidation sites excluding steroid dienone is 1. The number of rotatable bonds is 14. The summed E-state index contributed by atoms with van der Waals surface area (Å²) in [6, 6.07) is 22.4. The third-order valence-corrected chi connectivity index (χ3v) is 8.96. The lowest BCUT2D eigenvalue weighted by atomic mass is 9.99. The number of anilines is 1. The smallest absolute Gasteiger partial charge is 0.337 e. The van der Waals surface area contributed by atoms with Crippen molar-refractivity contribution in [2.24, 2.45) is 0 Å². The summed E-state index contributed by atoms with van der Waals surface area (Å²) in [6.45, 7) is 4.02. The van der Waals surface area contributed by atoms with E-state index in [0.29, 0.717) is 29.7 Å². The molecule has 0 aliphatic carbocycles. The van der Waals surface area contributed by atoms with E-state index in [1.165, 1.54) is 0 Å². The third kappa shape index (κ3) is 8.47. The highest BCUT2D eigenvalue weighted by Gasteiger charge is 2.48. The molecule has 3 heterocycles. The summed E-state index contributed by atoms with van der Waals surface area (Å²) in [4.78, 5) is 58.1. The maximum absolute atomic E-state index is 13.2. The molecule has 1 aliphatic rings. The fourth-order valence-electron chi connectivity index (χ4n) is 6.34. The van der Waals surface area contributed by atoms with Crippen LogP contribution in [0, 0.1) is 0 Å². The second kappa shape index (κ2) is 15.8. The van der Waals surface area contributed by atoms with Crippen molar-refractivity contribution in [1.29, 1.82) is 0 Å². The number of carbonyl (C=O) groups excluding carboxylic acids is 3. The van der Waals surface area contributed by atoms with Crippen LogP contribution in [0.5, 0.6) is 0 Å². The number of hydrogen-bond donors (Lipinski definition) is 4. The van der Waals surface area contributed by atoms with Crippen LogP contribution in [0.25, 0.3) is 27.4 Å². The molecular formula is C39H39N3O9. The van der Waals surface area contributed by atoms with Gasteiger partial charge in [-0.3, -0.25) is 14.4 Å². The number of para-hydroxylation sites is 3. The van der Waals surface area contributed by atoms with Crippen LogP contribution in [0.4, 0.5) is 5.69 Å². The highest BCUT2D eigenvalue weighted by Crippen LogP contribution is 2.30. The average Bonchev–Trinajstić information content (AvgIpc) is 3.74. The fraction of sp³-hybridized carbons (Fsp3) is 0.282. The summed E-state index contributed by atoms with van der Waals surface area (Å²) in [6.07, 6.45) is -1.85. The summed E-state index contributed by atoms with van der Waals surface area (Å²) in [5, 5.41) is 12.1. The van der Waals surface area contributed by atoms with E-state index >= 15 is 0 Å². The molecule has 0 spiro atoms. The number of esters is 3. The number of benzene rings is 3. The normalized spacial score (nSPS) is 18.7. The van der Waals surface area contributed by atoms with Crippen molar-refractivity contribution in [3.8, 4) is 0 Å². The maximum Gasteiger partial charge on any atom is 0.337 e. The molecule has 12 nitrogen and oxygen atoms in total. The van der Waals surface area contributed by atoms with Gasteiger partial charge in [-0.15, -0.1) is 0 Å². The van der Waals surface area contributed by atoms with Crippen molar-refractivity contribution in [1.82, 2.24) is 9.97 Å². The van der Waals surface area contributed by atoms with E-state index in [4.69, 9.17) is 24.7 Å². The molecule has 0 radical (unpaired) electrons. The number of aromatic nitrogens is 2. The maximum atomic E-state index is 13.2. The molecule has 4 atom stereocenters. The lowest BCUT2D eigenvalue weighted by Crippen LogP contribution is -2.55. The molecule has 5 aromatic rings. The number of nitrogens with two attached hydrogens (primary N) is 1. The molecule has 1 fully saturated rings. The van der Waals surface area contributed by atoms with Gasteiger partial charge in [-0.25, -0.2) is 4.79 Å². The Bertz CT molecular complexity index is 2060. The Kier molecular flexibility index (Phi) is 10.8. The predicted octanol–water partition coefficient (Wildman–Crippen LogP) is 5.86. The first-order valence-corrected chi connectivity index (χ1v) is 16.8. The van der Waals surface area contributed by atoms with Gasteiger partial charge in [0.25, 0.3) is 0 Å². The molecule has 1 unspecified atom stereocenters. The number of nitrogen functional groups attached to an aromatic ring is 1. The molecule has 0 amide bonds. The Labute approximate surface area is 293 Å². The van der Waals surface area contributed by atoms with Crippen molar-refractivity contribution in [2.45, 2.75) is 69.5 Å². The summed E-state index contributed by atoms with van der Waals surface area (Å²) in [7, 11) is 0. The zero-order valence-electron chi connectivity index (χ0n) is 27.8. The highest BCUT2D eigenvalue weighted by atomic mass is 16.7. The first kappa shape index (κ1) is 35.0. The van der Waals surface area contributed by atoms with Gasteiger partial charge in [0.1, 0.15) is 6.10 Å². The molecule has 0 bridgehead atoms. The van der Waals surface area contributed by atoms with Gasteiger partial charge >= 0.3 is 23.9 Å². The Morgan fingerprint density at radius 3 is 1.90 bits per heavy atom. The lowest BCUT2D eigenvalue weighted by Gasteiger charge is -2.38. The van der Waals surface area contributed by atoms with Gasteiger partial charge in [-0.05, 0) is 59.7 Å². The molecule has 1 aliphatic heterocycles. The van der Waals surface area contributed by atoms with Gasteiger partial charge in [-0.1, -0.05) is 61.2 Å². The second-order valence-electron chi connectivity index (χ2n) is 12.4. The van der Waals surface area contributed by atoms with E-state index in [0.717, 1.165) is 32.9 Å². The zero-order chi connectivity index (χ0) is 35.9. The Balaban J connectivity index is 1.13. The molecule has 3 aromatic carbocycles. The van der Waals surface area contributed by atoms with Crippen LogP contribution < -0.4 is 5.73 Å². The van der Waals surface area contributed by atoms with Crippen LogP contribution in [-0.2, 0) is 51.0 Å². The van der Waals surface area contributed by atoms with E-state index in [1.54, 1.807) is 24.3 Å². The highest BCUT2D eigenvalue weighted by molar-refractivity contribution is 5.85. The number of carboxylic acids is 1. The largest absolute Gasteiger partial charge is 0.479 e. The van der Waals surface area contributed by atoms with Crippen LogP contribution in [0.15, 0.2) is 91.8 Å².